The van der Waals surface area contributed by atoms with Crippen LogP contribution in [0.4, 0.5) is 0 Å². The Bertz CT molecular complexity index is 541. The van der Waals surface area contributed by atoms with Crippen molar-refractivity contribution in [3.63, 3.8) is 0 Å². The van der Waals surface area contributed by atoms with Crippen molar-refractivity contribution in [1.29, 1.82) is 0 Å². The average molecular weight is 361 g/mol. The van der Waals surface area contributed by atoms with Gasteiger partial charge in [-0.05, 0) is 50.1 Å². The van der Waals surface area contributed by atoms with Gasteiger partial charge in [0.2, 0.25) is 0 Å². The standard InChI is InChI=1S/C14H21BrN2O2S/c1-17(14(10-16)11-2-3-11)8-9-20(18,19)13-6-4-12(15)5-7-13/h4-7,11,14H,2-3,8-10,16H2,1H3. The van der Waals surface area contributed by atoms with Crippen LogP contribution in [0.2, 0.25) is 0 Å². The van der Waals surface area contributed by atoms with E-state index in [2.05, 4.69) is 20.8 Å². The summed E-state index contributed by atoms with van der Waals surface area (Å²) in [6, 6.07) is 7.10. The Labute approximate surface area is 129 Å². The molecule has 20 heavy (non-hydrogen) atoms. The van der Waals surface area contributed by atoms with Crippen molar-refractivity contribution in [1.82, 2.24) is 4.90 Å². The van der Waals surface area contributed by atoms with Crippen molar-refractivity contribution < 1.29 is 8.42 Å². The summed E-state index contributed by atoms with van der Waals surface area (Å²) in [6.07, 6.45) is 2.43. The summed E-state index contributed by atoms with van der Waals surface area (Å²) in [5, 5.41) is 0. The molecule has 1 aliphatic rings. The molecule has 0 radical (unpaired) electrons. The molecule has 112 valence electrons. The second-order valence-electron chi connectivity index (χ2n) is 5.39. The number of rotatable bonds is 7. The highest BCUT2D eigenvalue weighted by molar-refractivity contribution is 9.10. The third-order valence-electron chi connectivity index (χ3n) is 3.86. The minimum Gasteiger partial charge on any atom is -0.329 e. The average Bonchev–Trinajstić information content (AvgIpc) is 3.22. The number of hydrogen-bond acceptors (Lipinski definition) is 4. The summed E-state index contributed by atoms with van der Waals surface area (Å²) in [7, 11) is -1.26. The Morgan fingerprint density at radius 3 is 2.45 bits per heavy atom. The number of hydrogen-bond donors (Lipinski definition) is 1. The minimum absolute atomic E-state index is 0.133. The van der Waals surface area contributed by atoms with E-state index in [1.807, 2.05) is 7.05 Å². The van der Waals surface area contributed by atoms with Gasteiger partial charge in [-0.15, -0.1) is 0 Å². The lowest BCUT2D eigenvalue weighted by Crippen LogP contribution is -2.41. The Kier molecular flexibility index (Phi) is 5.23. The molecule has 1 saturated carbocycles. The van der Waals surface area contributed by atoms with E-state index in [-0.39, 0.29) is 5.75 Å². The summed E-state index contributed by atoms with van der Waals surface area (Å²) in [5.41, 5.74) is 5.79. The molecule has 1 atom stereocenters. The molecule has 0 spiro atoms. The molecule has 1 unspecified atom stereocenters. The molecule has 0 amide bonds. The topological polar surface area (TPSA) is 63.4 Å². The summed E-state index contributed by atoms with van der Waals surface area (Å²) < 4.78 is 25.4. The number of benzene rings is 1. The van der Waals surface area contributed by atoms with Crippen LogP contribution in [0.25, 0.3) is 0 Å². The van der Waals surface area contributed by atoms with Crippen molar-refractivity contribution in [2.75, 3.05) is 25.9 Å². The molecule has 2 N–H and O–H groups in total. The monoisotopic (exact) mass is 360 g/mol. The molecule has 1 aliphatic carbocycles. The molecule has 1 aromatic rings. The molecule has 1 aromatic carbocycles. The van der Waals surface area contributed by atoms with Gasteiger partial charge < -0.3 is 10.6 Å². The first kappa shape index (κ1) is 15.9. The molecular formula is C14H21BrN2O2S. The highest BCUT2D eigenvalue weighted by Gasteiger charge is 2.33. The SMILES string of the molecule is CN(CCS(=O)(=O)c1ccc(Br)cc1)C(CN)C1CC1. The second kappa shape index (κ2) is 6.56. The zero-order chi connectivity index (χ0) is 14.8. The van der Waals surface area contributed by atoms with Crippen LogP contribution < -0.4 is 5.73 Å². The number of nitrogens with two attached hydrogens (primary N) is 1. The lowest BCUT2D eigenvalue weighted by atomic mass is 10.1. The number of nitrogens with zero attached hydrogens (tertiary/aromatic N) is 1. The quantitative estimate of drug-likeness (QED) is 0.806. The lowest BCUT2D eigenvalue weighted by Gasteiger charge is -2.26. The van der Waals surface area contributed by atoms with Gasteiger partial charge in [0, 0.05) is 23.6 Å². The maximum Gasteiger partial charge on any atom is 0.179 e. The van der Waals surface area contributed by atoms with Crippen LogP contribution in [0.1, 0.15) is 12.8 Å². The highest BCUT2D eigenvalue weighted by Crippen LogP contribution is 2.34. The van der Waals surface area contributed by atoms with Gasteiger partial charge >= 0.3 is 0 Å². The fraction of sp³-hybridized carbons (Fsp3) is 0.571. The third kappa shape index (κ3) is 4.04. The molecular weight excluding hydrogens is 340 g/mol. The predicted octanol–water partition coefficient (Wildman–Crippen LogP) is 1.89. The number of sulfone groups is 1. The van der Waals surface area contributed by atoms with Gasteiger partial charge in [0.05, 0.1) is 10.6 Å². The fourth-order valence-corrected chi connectivity index (χ4v) is 3.98. The van der Waals surface area contributed by atoms with E-state index in [0.29, 0.717) is 29.9 Å². The van der Waals surface area contributed by atoms with E-state index < -0.39 is 9.84 Å². The van der Waals surface area contributed by atoms with E-state index in [1.54, 1.807) is 24.3 Å². The Balaban J connectivity index is 1.96. The molecule has 0 aliphatic heterocycles. The van der Waals surface area contributed by atoms with Gasteiger partial charge in [0.25, 0.3) is 0 Å². The van der Waals surface area contributed by atoms with Gasteiger partial charge in [-0.1, -0.05) is 15.9 Å². The molecule has 2 rings (SSSR count). The summed E-state index contributed by atoms with van der Waals surface area (Å²) in [5.74, 6) is 0.786. The normalized spacial score (nSPS) is 17.4. The number of likely N-dealkylation sites (N-methyl/N-ethyl adjacent to an activating group) is 1. The van der Waals surface area contributed by atoms with Crippen molar-refractivity contribution in [3.05, 3.63) is 28.7 Å². The van der Waals surface area contributed by atoms with Gasteiger partial charge in [-0.25, -0.2) is 8.42 Å². The highest BCUT2D eigenvalue weighted by atomic mass is 79.9. The Morgan fingerprint density at radius 1 is 1.35 bits per heavy atom. The van der Waals surface area contributed by atoms with E-state index in [4.69, 9.17) is 5.73 Å². The third-order valence-corrected chi connectivity index (χ3v) is 6.10. The largest absolute Gasteiger partial charge is 0.329 e. The van der Waals surface area contributed by atoms with Crippen LogP contribution in [0.5, 0.6) is 0 Å². The second-order valence-corrected chi connectivity index (χ2v) is 8.42. The van der Waals surface area contributed by atoms with E-state index >= 15 is 0 Å². The zero-order valence-corrected chi connectivity index (χ0v) is 14.0. The van der Waals surface area contributed by atoms with E-state index in [9.17, 15) is 8.42 Å². The first-order valence-corrected chi connectivity index (χ1v) is 9.27. The minimum atomic E-state index is -3.22. The smallest absolute Gasteiger partial charge is 0.179 e. The van der Waals surface area contributed by atoms with Gasteiger partial charge in [0.1, 0.15) is 0 Å². The maximum absolute atomic E-state index is 12.3. The molecule has 0 saturated heterocycles. The first-order chi connectivity index (χ1) is 9.44. The maximum atomic E-state index is 12.3. The molecule has 1 fully saturated rings. The van der Waals surface area contributed by atoms with Crippen LogP contribution >= 0.6 is 15.9 Å². The van der Waals surface area contributed by atoms with Crippen molar-refractivity contribution in [2.45, 2.75) is 23.8 Å². The molecule has 4 nitrogen and oxygen atoms in total. The van der Waals surface area contributed by atoms with Gasteiger partial charge in [-0.3, -0.25) is 0 Å². The van der Waals surface area contributed by atoms with Gasteiger partial charge in [-0.2, -0.15) is 0 Å². The van der Waals surface area contributed by atoms with Crippen LogP contribution in [0, 0.1) is 5.92 Å². The molecule has 0 aromatic heterocycles. The summed E-state index contributed by atoms with van der Waals surface area (Å²) in [6.45, 7) is 1.12. The van der Waals surface area contributed by atoms with Crippen LogP contribution in [-0.2, 0) is 9.84 Å². The number of halogens is 1. The summed E-state index contributed by atoms with van der Waals surface area (Å²) >= 11 is 3.31. The Hall–Kier alpha value is -0.430. The summed E-state index contributed by atoms with van der Waals surface area (Å²) in [4.78, 5) is 2.47. The first-order valence-electron chi connectivity index (χ1n) is 6.82. The molecule has 0 bridgehead atoms. The molecule has 0 heterocycles. The van der Waals surface area contributed by atoms with Gasteiger partial charge in [0.15, 0.2) is 9.84 Å². The Morgan fingerprint density at radius 2 is 1.95 bits per heavy atom. The van der Waals surface area contributed by atoms with Crippen molar-refractivity contribution in [3.8, 4) is 0 Å². The van der Waals surface area contributed by atoms with E-state index in [0.717, 1.165) is 4.47 Å². The van der Waals surface area contributed by atoms with Crippen molar-refractivity contribution >= 4 is 25.8 Å². The lowest BCUT2D eigenvalue weighted by molar-refractivity contribution is 0.235. The van der Waals surface area contributed by atoms with Crippen LogP contribution in [-0.4, -0.2) is 45.2 Å². The molecule has 6 heteroatoms. The fourth-order valence-electron chi connectivity index (χ4n) is 2.40. The van der Waals surface area contributed by atoms with Crippen molar-refractivity contribution in [2.24, 2.45) is 11.7 Å². The van der Waals surface area contributed by atoms with Crippen LogP contribution in [0.15, 0.2) is 33.6 Å². The van der Waals surface area contributed by atoms with Crippen LogP contribution in [0.3, 0.4) is 0 Å². The zero-order valence-electron chi connectivity index (χ0n) is 11.6. The predicted molar refractivity (Wildman–Crippen MR) is 84.4 cm³/mol. The van der Waals surface area contributed by atoms with E-state index in [1.165, 1.54) is 12.8 Å².